The molecule has 0 aliphatic rings. The summed E-state index contributed by atoms with van der Waals surface area (Å²) in [6.07, 6.45) is 1.31. The summed E-state index contributed by atoms with van der Waals surface area (Å²) in [5, 5.41) is 0.742. The number of sulfone groups is 1. The molecule has 0 radical (unpaired) electrons. The van der Waals surface area contributed by atoms with Crippen molar-refractivity contribution < 1.29 is 8.42 Å². The lowest BCUT2D eigenvalue weighted by Gasteiger charge is -2.14. The highest BCUT2D eigenvalue weighted by molar-refractivity contribution is 7.91. The fourth-order valence-corrected chi connectivity index (χ4v) is 3.81. The van der Waals surface area contributed by atoms with E-state index in [0.29, 0.717) is 15.9 Å². The molecule has 8 heteroatoms. The van der Waals surface area contributed by atoms with E-state index in [1.54, 1.807) is 19.1 Å². The SMILES string of the molecule is C=C(C)c1ccc2ncn(Nc3cc(Cl)ccc3S(=O)(=O)CC)c(=O)c2c1. The van der Waals surface area contributed by atoms with Crippen LogP contribution in [0.3, 0.4) is 0 Å². The van der Waals surface area contributed by atoms with Crippen molar-refractivity contribution in [1.82, 2.24) is 9.66 Å². The maximum Gasteiger partial charge on any atom is 0.280 e. The third-order valence-electron chi connectivity index (χ3n) is 4.15. The Morgan fingerprint density at radius 3 is 2.67 bits per heavy atom. The fraction of sp³-hybridized carbons (Fsp3) is 0.158. The van der Waals surface area contributed by atoms with E-state index in [4.69, 9.17) is 11.6 Å². The first-order valence-electron chi connectivity index (χ1n) is 8.19. The van der Waals surface area contributed by atoms with Gasteiger partial charge in [-0.3, -0.25) is 10.2 Å². The Morgan fingerprint density at radius 2 is 2.00 bits per heavy atom. The third-order valence-corrected chi connectivity index (χ3v) is 6.17. The molecule has 6 nitrogen and oxygen atoms in total. The number of benzene rings is 2. The maximum atomic E-state index is 12.9. The lowest BCUT2D eigenvalue weighted by molar-refractivity contribution is 0.597. The van der Waals surface area contributed by atoms with Crippen LogP contribution in [0.5, 0.6) is 0 Å². The van der Waals surface area contributed by atoms with Gasteiger partial charge in [-0.15, -0.1) is 0 Å². The molecule has 3 rings (SSSR count). The quantitative estimate of drug-likeness (QED) is 0.701. The van der Waals surface area contributed by atoms with Crippen molar-refractivity contribution in [1.29, 1.82) is 0 Å². The molecule has 0 fully saturated rings. The fourth-order valence-electron chi connectivity index (χ4n) is 2.61. The maximum absolute atomic E-state index is 12.9. The van der Waals surface area contributed by atoms with E-state index in [-0.39, 0.29) is 21.9 Å². The second-order valence-electron chi connectivity index (χ2n) is 6.09. The number of fused-ring (bicyclic) bond motifs is 1. The van der Waals surface area contributed by atoms with Crippen LogP contribution in [0, 0.1) is 0 Å². The lowest BCUT2D eigenvalue weighted by Crippen LogP contribution is -2.27. The van der Waals surface area contributed by atoms with Gasteiger partial charge < -0.3 is 0 Å². The molecule has 27 heavy (non-hydrogen) atoms. The van der Waals surface area contributed by atoms with Gasteiger partial charge in [0.05, 0.1) is 27.2 Å². The molecule has 1 N–H and O–H groups in total. The Hall–Kier alpha value is -2.64. The number of aromatic nitrogens is 2. The number of rotatable bonds is 5. The highest BCUT2D eigenvalue weighted by Gasteiger charge is 2.18. The molecule has 0 unspecified atom stereocenters. The van der Waals surface area contributed by atoms with E-state index in [1.165, 1.54) is 24.5 Å². The minimum atomic E-state index is -3.51. The molecule has 0 atom stereocenters. The second-order valence-corrected chi connectivity index (χ2v) is 8.77. The summed E-state index contributed by atoms with van der Waals surface area (Å²) in [6, 6.07) is 9.69. The molecule has 0 bridgehead atoms. The van der Waals surface area contributed by atoms with Gasteiger partial charge >= 0.3 is 0 Å². The highest BCUT2D eigenvalue weighted by atomic mass is 35.5. The zero-order chi connectivity index (χ0) is 19.8. The number of anilines is 1. The second kappa shape index (κ2) is 7.17. The van der Waals surface area contributed by atoms with Crippen LogP contribution in [0.25, 0.3) is 16.5 Å². The monoisotopic (exact) mass is 403 g/mol. The summed E-state index contributed by atoms with van der Waals surface area (Å²) in [7, 11) is -3.51. The third kappa shape index (κ3) is 3.74. The van der Waals surface area contributed by atoms with Gasteiger partial charge in [-0.25, -0.2) is 18.1 Å². The standard InChI is InChI=1S/C19H18ClN3O3S/c1-4-27(25,26)18-8-6-14(20)10-17(18)22-23-11-21-16-7-5-13(12(2)3)9-15(16)19(23)24/h5-11,22H,2,4H2,1,3H3. The van der Waals surface area contributed by atoms with Crippen LogP contribution in [0.4, 0.5) is 5.69 Å². The van der Waals surface area contributed by atoms with Gasteiger partial charge in [0.25, 0.3) is 5.56 Å². The minimum absolute atomic E-state index is 0.0667. The minimum Gasteiger partial charge on any atom is -0.289 e. The number of halogens is 1. The summed E-state index contributed by atoms with van der Waals surface area (Å²) < 4.78 is 25.8. The van der Waals surface area contributed by atoms with E-state index >= 15 is 0 Å². The van der Waals surface area contributed by atoms with Crippen molar-refractivity contribution in [3.63, 3.8) is 0 Å². The average Bonchev–Trinajstić information content (AvgIpc) is 2.63. The van der Waals surface area contributed by atoms with Crippen LogP contribution in [0.1, 0.15) is 19.4 Å². The first-order valence-corrected chi connectivity index (χ1v) is 10.2. The molecule has 0 aliphatic heterocycles. The Labute approximate surface area is 162 Å². The molecule has 1 heterocycles. The van der Waals surface area contributed by atoms with Crippen molar-refractivity contribution in [3.8, 4) is 0 Å². The largest absolute Gasteiger partial charge is 0.289 e. The zero-order valence-electron chi connectivity index (χ0n) is 14.9. The Bertz CT molecular complexity index is 1220. The van der Waals surface area contributed by atoms with Gasteiger partial charge in [0.15, 0.2) is 9.84 Å². The van der Waals surface area contributed by atoms with Crippen LogP contribution in [0.2, 0.25) is 5.02 Å². The van der Waals surface area contributed by atoms with Gasteiger partial charge in [-0.1, -0.05) is 36.7 Å². The van der Waals surface area contributed by atoms with Crippen molar-refractivity contribution in [2.24, 2.45) is 0 Å². The highest BCUT2D eigenvalue weighted by Crippen LogP contribution is 2.26. The number of nitrogens with zero attached hydrogens (tertiary/aromatic N) is 2. The first kappa shape index (κ1) is 19.1. The molecule has 140 valence electrons. The van der Waals surface area contributed by atoms with Crippen LogP contribution in [0.15, 0.2) is 59.0 Å². The van der Waals surface area contributed by atoms with Crippen LogP contribution >= 0.6 is 11.6 Å². The normalized spacial score (nSPS) is 11.5. The first-order chi connectivity index (χ1) is 12.7. The average molecular weight is 404 g/mol. The van der Waals surface area contributed by atoms with E-state index < -0.39 is 9.84 Å². The smallest absolute Gasteiger partial charge is 0.280 e. The predicted octanol–water partition coefficient (Wildman–Crippen LogP) is 3.75. The Morgan fingerprint density at radius 1 is 1.26 bits per heavy atom. The molecular formula is C19H18ClN3O3S. The Kier molecular flexibility index (Phi) is 5.08. The van der Waals surface area contributed by atoms with Crippen LogP contribution in [-0.4, -0.2) is 23.8 Å². The molecule has 0 aliphatic carbocycles. The van der Waals surface area contributed by atoms with Gasteiger partial charge in [0, 0.05) is 5.02 Å². The molecule has 0 amide bonds. The molecular weight excluding hydrogens is 386 g/mol. The summed E-state index contributed by atoms with van der Waals surface area (Å²) >= 11 is 6.02. The van der Waals surface area contributed by atoms with E-state index in [0.717, 1.165) is 15.8 Å². The number of nitrogens with one attached hydrogen (secondary N) is 1. The van der Waals surface area contributed by atoms with Gasteiger partial charge in [-0.05, 0) is 42.8 Å². The van der Waals surface area contributed by atoms with Crippen LogP contribution in [-0.2, 0) is 9.84 Å². The molecule has 0 spiro atoms. The summed E-state index contributed by atoms with van der Waals surface area (Å²) in [6.45, 7) is 7.29. The zero-order valence-corrected chi connectivity index (χ0v) is 16.4. The molecule has 2 aromatic carbocycles. The molecule has 1 aromatic heterocycles. The number of allylic oxidation sites excluding steroid dienone is 1. The van der Waals surface area contributed by atoms with Crippen molar-refractivity contribution in [3.05, 3.63) is 70.2 Å². The lowest BCUT2D eigenvalue weighted by atomic mass is 10.1. The Balaban J connectivity index is 2.15. The van der Waals surface area contributed by atoms with Crippen LogP contribution < -0.4 is 11.0 Å². The summed E-state index contributed by atoms with van der Waals surface area (Å²) in [5.41, 5.74) is 4.86. The summed E-state index contributed by atoms with van der Waals surface area (Å²) in [4.78, 5) is 17.2. The van der Waals surface area contributed by atoms with Gasteiger partial charge in [0.2, 0.25) is 0 Å². The van der Waals surface area contributed by atoms with Gasteiger partial charge in [-0.2, -0.15) is 0 Å². The van der Waals surface area contributed by atoms with E-state index in [1.807, 2.05) is 13.0 Å². The number of hydrogen-bond acceptors (Lipinski definition) is 5. The van der Waals surface area contributed by atoms with Crippen molar-refractivity contribution in [2.45, 2.75) is 18.7 Å². The number of hydrogen-bond donors (Lipinski definition) is 1. The van der Waals surface area contributed by atoms with E-state index in [2.05, 4.69) is 17.0 Å². The van der Waals surface area contributed by atoms with E-state index in [9.17, 15) is 13.2 Å². The van der Waals surface area contributed by atoms with Gasteiger partial charge in [0.1, 0.15) is 6.33 Å². The molecule has 0 saturated carbocycles. The summed E-state index contributed by atoms with van der Waals surface area (Å²) in [5.74, 6) is -0.0733. The molecule has 0 saturated heterocycles. The van der Waals surface area contributed by atoms with Crippen molar-refractivity contribution in [2.75, 3.05) is 11.2 Å². The predicted molar refractivity (Wildman–Crippen MR) is 109 cm³/mol. The molecule has 3 aromatic rings. The van der Waals surface area contributed by atoms with Crippen molar-refractivity contribution >= 4 is 43.6 Å². The topological polar surface area (TPSA) is 81.1 Å².